The van der Waals surface area contributed by atoms with Crippen LogP contribution in [0.2, 0.25) is 0 Å². The third-order valence-electron chi connectivity index (χ3n) is 2.68. The van der Waals surface area contributed by atoms with Gasteiger partial charge in [-0.05, 0) is 6.61 Å². The van der Waals surface area contributed by atoms with Crippen molar-refractivity contribution in [2.24, 2.45) is 4.99 Å². The summed E-state index contributed by atoms with van der Waals surface area (Å²) < 4.78 is 4.86. The zero-order chi connectivity index (χ0) is 14.2. The standard InChI is InChI=1S/C17H17NO2/c1-2-20-16(19)13-18-17(14-9-5-3-6-10-14)15-11-7-4-8-12-15/h3-13,19H,2H2,1H3/p-1/b16-13+. The minimum atomic E-state index is -0.433. The maximum Gasteiger partial charge on any atom is 0.0774 e. The van der Waals surface area contributed by atoms with Crippen LogP contribution in [0.5, 0.6) is 0 Å². The third-order valence-corrected chi connectivity index (χ3v) is 2.68. The third kappa shape index (κ3) is 3.72. The molecule has 0 N–H and O–H groups in total. The molecule has 0 amide bonds. The second-order valence-corrected chi connectivity index (χ2v) is 4.09. The van der Waals surface area contributed by atoms with Crippen molar-refractivity contribution in [3.63, 3.8) is 0 Å². The number of hydrogen-bond donors (Lipinski definition) is 0. The predicted molar refractivity (Wildman–Crippen MR) is 78.2 cm³/mol. The summed E-state index contributed by atoms with van der Waals surface area (Å²) in [6, 6.07) is 19.5. The van der Waals surface area contributed by atoms with Crippen molar-refractivity contribution in [2.75, 3.05) is 6.61 Å². The Balaban J connectivity index is 2.40. The summed E-state index contributed by atoms with van der Waals surface area (Å²) in [7, 11) is 0. The summed E-state index contributed by atoms with van der Waals surface area (Å²) in [5, 5.41) is 11.4. The van der Waals surface area contributed by atoms with E-state index in [1.54, 1.807) is 6.92 Å². The largest absolute Gasteiger partial charge is 0.613 e. The molecule has 3 nitrogen and oxygen atoms in total. The number of nitrogens with zero attached hydrogens (tertiary/aromatic N) is 1. The fraction of sp³-hybridized carbons (Fsp3) is 0.118. The molecule has 3 heteroatoms. The molecule has 0 heterocycles. The molecule has 0 aliphatic rings. The minimum Gasteiger partial charge on any atom is -0.613 e. The highest BCUT2D eigenvalue weighted by molar-refractivity contribution is 6.13. The molecular weight excluding hydrogens is 250 g/mol. The lowest BCUT2D eigenvalue weighted by Gasteiger charge is -2.11. The van der Waals surface area contributed by atoms with E-state index < -0.39 is 5.95 Å². The van der Waals surface area contributed by atoms with Gasteiger partial charge in [-0.2, -0.15) is 0 Å². The Morgan fingerprint density at radius 2 is 1.50 bits per heavy atom. The van der Waals surface area contributed by atoms with E-state index in [-0.39, 0.29) is 0 Å². The molecule has 0 aliphatic heterocycles. The van der Waals surface area contributed by atoms with E-state index in [9.17, 15) is 5.11 Å². The van der Waals surface area contributed by atoms with Crippen LogP contribution in [-0.4, -0.2) is 12.3 Å². The fourth-order valence-electron chi connectivity index (χ4n) is 1.80. The van der Waals surface area contributed by atoms with Crippen LogP contribution in [-0.2, 0) is 4.74 Å². The predicted octanol–water partition coefficient (Wildman–Crippen LogP) is 2.72. The second-order valence-electron chi connectivity index (χ2n) is 4.09. The van der Waals surface area contributed by atoms with Crippen LogP contribution < -0.4 is 5.11 Å². The van der Waals surface area contributed by atoms with E-state index in [2.05, 4.69) is 4.99 Å². The number of ether oxygens (including phenoxy) is 1. The average molecular weight is 266 g/mol. The van der Waals surface area contributed by atoms with Gasteiger partial charge in [-0.1, -0.05) is 67.6 Å². The first kappa shape index (κ1) is 13.9. The molecule has 0 saturated carbocycles. The van der Waals surface area contributed by atoms with Crippen molar-refractivity contribution in [1.29, 1.82) is 0 Å². The van der Waals surface area contributed by atoms with E-state index >= 15 is 0 Å². The highest BCUT2D eigenvalue weighted by Crippen LogP contribution is 2.11. The van der Waals surface area contributed by atoms with Gasteiger partial charge >= 0.3 is 0 Å². The van der Waals surface area contributed by atoms with Gasteiger partial charge in [0, 0.05) is 17.3 Å². The molecule has 0 aliphatic carbocycles. The fourth-order valence-corrected chi connectivity index (χ4v) is 1.80. The summed E-state index contributed by atoms with van der Waals surface area (Å²) in [5.41, 5.74) is 2.66. The number of rotatable bonds is 5. The van der Waals surface area contributed by atoms with Gasteiger partial charge in [0.15, 0.2) is 0 Å². The Bertz CT molecular complexity index is 547. The SMILES string of the molecule is CCO/C([O-])=C/N=C(c1ccccc1)c1ccccc1. The molecular formula is C17H16NO2-. The van der Waals surface area contributed by atoms with Gasteiger partial charge in [0.1, 0.15) is 0 Å². The number of hydrogen-bond acceptors (Lipinski definition) is 3. The van der Waals surface area contributed by atoms with Crippen LogP contribution in [0.4, 0.5) is 0 Å². The van der Waals surface area contributed by atoms with Gasteiger partial charge in [-0.15, -0.1) is 0 Å². The summed E-state index contributed by atoms with van der Waals surface area (Å²) in [6.07, 6.45) is 1.22. The number of aliphatic imine (C=N–C) groups is 1. The molecule has 2 aromatic rings. The zero-order valence-corrected chi connectivity index (χ0v) is 11.3. The van der Waals surface area contributed by atoms with Gasteiger partial charge in [0.05, 0.1) is 11.7 Å². The lowest BCUT2D eigenvalue weighted by atomic mass is 10.0. The summed E-state index contributed by atoms with van der Waals surface area (Å²) in [5.74, 6) is -0.433. The average Bonchev–Trinajstić information content (AvgIpc) is 2.50. The van der Waals surface area contributed by atoms with E-state index in [1.807, 2.05) is 60.7 Å². The van der Waals surface area contributed by atoms with Crippen LogP contribution in [0.1, 0.15) is 18.1 Å². The number of benzene rings is 2. The summed E-state index contributed by atoms with van der Waals surface area (Å²) in [4.78, 5) is 4.30. The second kappa shape index (κ2) is 7.14. The molecule has 0 saturated heterocycles. The van der Waals surface area contributed by atoms with E-state index in [4.69, 9.17) is 4.74 Å². The van der Waals surface area contributed by atoms with Crippen molar-refractivity contribution < 1.29 is 9.84 Å². The van der Waals surface area contributed by atoms with Crippen molar-refractivity contribution >= 4 is 5.71 Å². The quantitative estimate of drug-likeness (QED) is 0.617. The Morgan fingerprint density at radius 1 is 1.00 bits per heavy atom. The molecule has 0 spiro atoms. The molecule has 102 valence electrons. The van der Waals surface area contributed by atoms with Crippen molar-refractivity contribution in [2.45, 2.75) is 6.92 Å². The van der Waals surface area contributed by atoms with Gasteiger partial charge in [0.25, 0.3) is 0 Å². The zero-order valence-electron chi connectivity index (χ0n) is 11.3. The first-order chi connectivity index (χ1) is 9.81. The maximum absolute atomic E-state index is 11.4. The van der Waals surface area contributed by atoms with Crippen LogP contribution >= 0.6 is 0 Å². The Labute approximate surface area is 118 Å². The van der Waals surface area contributed by atoms with Crippen LogP contribution in [0.3, 0.4) is 0 Å². The molecule has 0 atom stereocenters. The van der Waals surface area contributed by atoms with Crippen LogP contribution in [0.15, 0.2) is 77.8 Å². The first-order valence-electron chi connectivity index (χ1n) is 6.50. The molecule has 0 unspecified atom stereocenters. The monoisotopic (exact) mass is 266 g/mol. The van der Waals surface area contributed by atoms with E-state index in [1.165, 1.54) is 6.20 Å². The van der Waals surface area contributed by atoms with E-state index in [0.29, 0.717) is 6.61 Å². The summed E-state index contributed by atoms with van der Waals surface area (Å²) >= 11 is 0. The highest BCUT2D eigenvalue weighted by atomic mass is 16.6. The van der Waals surface area contributed by atoms with Gasteiger partial charge in [-0.3, -0.25) is 4.99 Å². The summed E-state index contributed by atoms with van der Waals surface area (Å²) in [6.45, 7) is 2.11. The minimum absolute atomic E-state index is 0.344. The molecule has 0 fully saturated rings. The van der Waals surface area contributed by atoms with E-state index in [0.717, 1.165) is 16.8 Å². The van der Waals surface area contributed by atoms with Gasteiger partial charge in [0.2, 0.25) is 0 Å². The lowest BCUT2D eigenvalue weighted by Crippen LogP contribution is -2.08. The normalized spacial score (nSPS) is 10.9. The maximum atomic E-state index is 11.4. The molecule has 0 bridgehead atoms. The topological polar surface area (TPSA) is 44.6 Å². The Morgan fingerprint density at radius 3 is 1.95 bits per heavy atom. The molecule has 20 heavy (non-hydrogen) atoms. The highest BCUT2D eigenvalue weighted by Gasteiger charge is 2.04. The van der Waals surface area contributed by atoms with Crippen LogP contribution in [0.25, 0.3) is 0 Å². The molecule has 0 radical (unpaired) electrons. The van der Waals surface area contributed by atoms with Gasteiger partial charge < -0.3 is 9.84 Å². The first-order valence-corrected chi connectivity index (χ1v) is 6.50. The Hall–Kier alpha value is -2.55. The van der Waals surface area contributed by atoms with Crippen molar-refractivity contribution in [3.8, 4) is 0 Å². The molecule has 2 aromatic carbocycles. The molecule has 0 aromatic heterocycles. The smallest absolute Gasteiger partial charge is 0.0774 e. The lowest BCUT2D eigenvalue weighted by molar-refractivity contribution is -0.356. The van der Waals surface area contributed by atoms with Gasteiger partial charge in [-0.25, -0.2) is 0 Å². The van der Waals surface area contributed by atoms with Crippen molar-refractivity contribution in [3.05, 3.63) is 83.9 Å². The molecule has 2 rings (SSSR count). The van der Waals surface area contributed by atoms with Crippen molar-refractivity contribution in [1.82, 2.24) is 0 Å². The Kier molecular flexibility index (Phi) is 4.95. The van der Waals surface area contributed by atoms with Crippen LogP contribution in [0, 0.1) is 0 Å².